The van der Waals surface area contributed by atoms with Crippen LogP contribution < -0.4 is 5.32 Å². The molecule has 0 aromatic rings. The molecule has 0 spiro atoms. The Bertz CT molecular complexity index is 166. The minimum Gasteiger partial charge on any atom is -0.394 e. The van der Waals surface area contributed by atoms with Crippen LogP contribution in [0.5, 0.6) is 0 Å². The van der Waals surface area contributed by atoms with Crippen LogP contribution >= 0.6 is 11.8 Å². The predicted octanol–water partition coefficient (Wildman–Crippen LogP) is 2.91. The highest BCUT2D eigenvalue weighted by Gasteiger charge is 2.20. The molecule has 0 rings (SSSR count). The van der Waals surface area contributed by atoms with Gasteiger partial charge in [0.2, 0.25) is 0 Å². The van der Waals surface area contributed by atoms with Crippen molar-refractivity contribution in [3.63, 3.8) is 0 Å². The summed E-state index contributed by atoms with van der Waals surface area (Å²) < 4.78 is 0. The molecule has 2 unspecified atom stereocenters. The number of aliphatic hydroxyl groups excluding tert-OH is 1. The average Bonchev–Trinajstić information content (AvgIpc) is 2.28. The van der Waals surface area contributed by atoms with Crippen LogP contribution in [-0.2, 0) is 0 Å². The van der Waals surface area contributed by atoms with E-state index in [9.17, 15) is 5.11 Å². The molecule has 98 valence electrons. The van der Waals surface area contributed by atoms with Crippen molar-refractivity contribution in [1.29, 1.82) is 0 Å². The molecule has 0 radical (unpaired) electrons. The zero-order valence-corrected chi connectivity index (χ0v) is 12.2. The van der Waals surface area contributed by atoms with Crippen molar-refractivity contribution in [2.24, 2.45) is 5.92 Å². The third-order valence-corrected chi connectivity index (χ3v) is 4.45. The maximum atomic E-state index is 9.33. The average molecular weight is 247 g/mol. The normalized spacial score (nSPS) is 17.1. The first-order valence-corrected chi connectivity index (χ1v) is 7.67. The Morgan fingerprint density at radius 2 is 2.06 bits per heavy atom. The lowest BCUT2D eigenvalue weighted by Gasteiger charge is -2.28. The van der Waals surface area contributed by atoms with Crippen molar-refractivity contribution in [2.45, 2.75) is 52.5 Å². The first kappa shape index (κ1) is 16.3. The summed E-state index contributed by atoms with van der Waals surface area (Å²) >= 11 is 2.05. The molecule has 0 aromatic carbocycles. The summed E-state index contributed by atoms with van der Waals surface area (Å²) in [5, 5.41) is 12.7. The topological polar surface area (TPSA) is 32.3 Å². The van der Waals surface area contributed by atoms with Crippen LogP contribution in [0, 0.1) is 5.92 Å². The molecule has 0 heterocycles. The fourth-order valence-corrected chi connectivity index (χ4v) is 2.77. The van der Waals surface area contributed by atoms with Gasteiger partial charge >= 0.3 is 0 Å². The van der Waals surface area contributed by atoms with Crippen LogP contribution in [0.1, 0.15) is 47.0 Å². The molecule has 0 fully saturated rings. The second kappa shape index (κ2) is 9.32. The first-order valence-electron chi connectivity index (χ1n) is 6.51. The van der Waals surface area contributed by atoms with Crippen molar-refractivity contribution < 1.29 is 5.11 Å². The van der Waals surface area contributed by atoms with E-state index in [4.69, 9.17) is 0 Å². The maximum absolute atomic E-state index is 9.33. The van der Waals surface area contributed by atoms with Crippen LogP contribution in [0.3, 0.4) is 0 Å². The van der Waals surface area contributed by atoms with Gasteiger partial charge in [-0.05, 0) is 43.7 Å². The number of nitrogens with one attached hydrogen (secondary N) is 1. The quantitative estimate of drug-likeness (QED) is 0.582. The summed E-state index contributed by atoms with van der Waals surface area (Å²) in [5.74, 6) is 3.32. The lowest BCUT2D eigenvalue weighted by molar-refractivity contribution is 0.167. The second-order valence-electron chi connectivity index (χ2n) is 4.94. The van der Waals surface area contributed by atoms with E-state index in [0.717, 1.165) is 18.9 Å². The molecule has 0 aliphatic heterocycles. The van der Waals surface area contributed by atoms with Crippen LogP contribution in [0.4, 0.5) is 0 Å². The van der Waals surface area contributed by atoms with Gasteiger partial charge in [-0.1, -0.05) is 27.2 Å². The van der Waals surface area contributed by atoms with Crippen molar-refractivity contribution in [3.05, 3.63) is 0 Å². The molecule has 0 bridgehead atoms. The van der Waals surface area contributed by atoms with E-state index in [1.807, 2.05) is 11.8 Å². The highest BCUT2D eigenvalue weighted by atomic mass is 32.2. The summed E-state index contributed by atoms with van der Waals surface area (Å²) in [7, 11) is 0. The Kier molecular flexibility index (Phi) is 9.47. The fraction of sp³-hybridized carbons (Fsp3) is 1.00. The van der Waals surface area contributed by atoms with E-state index in [2.05, 4.69) is 33.0 Å². The zero-order chi connectivity index (χ0) is 12.4. The standard InChI is InChI=1S/C13H29NOS/c1-5-12(3)10-16-9-7-8-13(4,11-15)14-6-2/h12,14-15H,5-11H2,1-4H3. The highest BCUT2D eigenvalue weighted by molar-refractivity contribution is 7.99. The second-order valence-corrected chi connectivity index (χ2v) is 6.09. The van der Waals surface area contributed by atoms with E-state index in [0.29, 0.717) is 0 Å². The van der Waals surface area contributed by atoms with Gasteiger partial charge in [0.1, 0.15) is 0 Å². The molecular weight excluding hydrogens is 218 g/mol. The van der Waals surface area contributed by atoms with Gasteiger partial charge in [-0.3, -0.25) is 0 Å². The van der Waals surface area contributed by atoms with Crippen LogP contribution in [0.15, 0.2) is 0 Å². The van der Waals surface area contributed by atoms with Gasteiger partial charge in [-0.25, -0.2) is 0 Å². The maximum Gasteiger partial charge on any atom is 0.0610 e. The monoisotopic (exact) mass is 247 g/mol. The minimum atomic E-state index is -0.0777. The SMILES string of the molecule is CCNC(C)(CO)CCCSCC(C)CC. The fourth-order valence-electron chi connectivity index (χ4n) is 1.62. The van der Waals surface area contributed by atoms with Gasteiger partial charge in [-0.15, -0.1) is 0 Å². The van der Waals surface area contributed by atoms with Crippen molar-refractivity contribution in [2.75, 3.05) is 24.7 Å². The number of rotatable bonds is 10. The van der Waals surface area contributed by atoms with E-state index < -0.39 is 0 Å². The summed E-state index contributed by atoms with van der Waals surface area (Å²) in [6, 6.07) is 0. The van der Waals surface area contributed by atoms with Crippen molar-refractivity contribution in [1.82, 2.24) is 5.32 Å². The molecule has 2 nitrogen and oxygen atoms in total. The highest BCUT2D eigenvalue weighted by Crippen LogP contribution is 2.17. The lowest BCUT2D eigenvalue weighted by atomic mass is 9.97. The zero-order valence-electron chi connectivity index (χ0n) is 11.4. The van der Waals surface area contributed by atoms with Gasteiger partial charge < -0.3 is 10.4 Å². The van der Waals surface area contributed by atoms with E-state index in [1.54, 1.807) is 0 Å². The Labute approximate surface area is 106 Å². The molecule has 16 heavy (non-hydrogen) atoms. The number of aliphatic hydroxyl groups is 1. The lowest BCUT2D eigenvalue weighted by Crippen LogP contribution is -2.45. The molecular formula is C13H29NOS. The van der Waals surface area contributed by atoms with Crippen LogP contribution in [0.25, 0.3) is 0 Å². The third-order valence-electron chi connectivity index (χ3n) is 3.07. The van der Waals surface area contributed by atoms with Crippen LogP contribution in [-0.4, -0.2) is 35.3 Å². The molecule has 2 N–H and O–H groups in total. The summed E-state index contributed by atoms with van der Waals surface area (Å²) in [5.41, 5.74) is -0.0777. The smallest absolute Gasteiger partial charge is 0.0610 e. The minimum absolute atomic E-state index is 0.0777. The molecule has 0 saturated carbocycles. The number of hydrogen-bond donors (Lipinski definition) is 2. The summed E-state index contributed by atoms with van der Waals surface area (Å²) in [6.07, 6.45) is 3.52. The Morgan fingerprint density at radius 3 is 2.56 bits per heavy atom. The predicted molar refractivity (Wildman–Crippen MR) is 75.2 cm³/mol. The van der Waals surface area contributed by atoms with Gasteiger partial charge in [-0.2, -0.15) is 11.8 Å². The van der Waals surface area contributed by atoms with E-state index >= 15 is 0 Å². The molecule has 0 aliphatic rings. The molecule has 0 aliphatic carbocycles. The van der Waals surface area contributed by atoms with E-state index in [-0.39, 0.29) is 12.1 Å². The van der Waals surface area contributed by atoms with Crippen molar-refractivity contribution >= 4 is 11.8 Å². The number of likely N-dealkylation sites (N-methyl/N-ethyl adjacent to an activating group) is 1. The van der Waals surface area contributed by atoms with E-state index in [1.165, 1.54) is 24.3 Å². The Morgan fingerprint density at radius 1 is 1.38 bits per heavy atom. The summed E-state index contributed by atoms with van der Waals surface area (Å²) in [4.78, 5) is 0. The molecule has 0 aromatic heterocycles. The molecule has 2 atom stereocenters. The molecule has 0 saturated heterocycles. The number of thioether (sulfide) groups is 1. The van der Waals surface area contributed by atoms with Crippen molar-refractivity contribution in [3.8, 4) is 0 Å². The van der Waals surface area contributed by atoms with Gasteiger partial charge in [0.25, 0.3) is 0 Å². The molecule has 3 heteroatoms. The summed E-state index contributed by atoms with van der Waals surface area (Å²) in [6.45, 7) is 9.91. The number of hydrogen-bond acceptors (Lipinski definition) is 3. The van der Waals surface area contributed by atoms with Gasteiger partial charge in [0.15, 0.2) is 0 Å². The Balaban J connectivity index is 3.55. The molecule has 0 amide bonds. The largest absolute Gasteiger partial charge is 0.394 e. The Hall–Kier alpha value is 0.270. The van der Waals surface area contributed by atoms with Gasteiger partial charge in [0, 0.05) is 5.54 Å². The van der Waals surface area contributed by atoms with Crippen LogP contribution in [0.2, 0.25) is 0 Å². The first-order chi connectivity index (χ1) is 7.58. The third kappa shape index (κ3) is 7.53. The van der Waals surface area contributed by atoms with Gasteiger partial charge in [0.05, 0.1) is 6.61 Å².